The number of rotatable bonds is 3. The Morgan fingerprint density at radius 2 is 1.93 bits per heavy atom. The maximum Gasteiger partial charge on any atom is 0.416 e. The number of fused-ring (bicyclic) bond motifs is 1. The highest BCUT2D eigenvalue weighted by Gasteiger charge is 2.31. The predicted octanol–water partition coefficient (Wildman–Crippen LogP) is 4.25. The summed E-state index contributed by atoms with van der Waals surface area (Å²) in [4.78, 5) is 11.1. The molecule has 27 heavy (non-hydrogen) atoms. The number of carbonyl (C=O) groups is 1. The molecule has 0 saturated carbocycles. The number of benzene rings is 2. The van der Waals surface area contributed by atoms with Crippen molar-refractivity contribution in [1.29, 1.82) is 0 Å². The number of hydrogen-bond donors (Lipinski definition) is 2. The van der Waals surface area contributed by atoms with Gasteiger partial charge in [0.25, 0.3) is 15.9 Å². The lowest BCUT2D eigenvalue weighted by Crippen LogP contribution is -2.26. The molecule has 1 aliphatic rings. The minimum atomic E-state index is -4.61. The third-order valence-corrected chi connectivity index (χ3v) is 6.13. The second kappa shape index (κ2) is 6.88. The van der Waals surface area contributed by atoms with Gasteiger partial charge in [-0.05, 0) is 40.2 Å². The maximum atomic E-state index is 12.7. The van der Waals surface area contributed by atoms with Crippen LogP contribution in [-0.2, 0) is 21.0 Å². The summed E-state index contributed by atoms with van der Waals surface area (Å²) < 4.78 is 70.8. The molecule has 6 nitrogen and oxygen atoms in total. The van der Waals surface area contributed by atoms with Gasteiger partial charge in [-0.2, -0.15) is 13.2 Å². The van der Waals surface area contributed by atoms with Crippen LogP contribution in [0, 0.1) is 0 Å². The fourth-order valence-electron chi connectivity index (χ4n) is 2.26. The standard InChI is InChI=1S/C15H9BrClF3N2O4S/c16-8-4-11-12(26-6-14(23)21-11)5-13(8)27(24,25)22-10-2-1-7(3-9(10)17)15(18,19)20/h1-5,22H,6H2,(H,21,23). The first-order valence-corrected chi connectivity index (χ1v) is 9.78. The summed E-state index contributed by atoms with van der Waals surface area (Å²) in [5.41, 5.74) is -0.942. The van der Waals surface area contributed by atoms with E-state index in [-0.39, 0.29) is 39.0 Å². The fourth-order valence-corrected chi connectivity index (χ4v) is 4.68. The van der Waals surface area contributed by atoms with Crippen molar-refractivity contribution in [1.82, 2.24) is 0 Å². The van der Waals surface area contributed by atoms with Crippen LogP contribution in [0.15, 0.2) is 39.7 Å². The van der Waals surface area contributed by atoms with E-state index < -0.39 is 26.8 Å². The zero-order valence-electron chi connectivity index (χ0n) is 13.0. The van der Waals surface area contributed by atoms with Crippen LogP contribution in [0.5, 0.6) is 5.75 Å². The molecule has 144 valence electrons. The fraction of sp³-hybridized carbons (Fsp3) is 0.133. The molecule has 12 heteroatoms. The summed E-state index contributed by atoms with van der Waals surface area (Å²) in [5.74, 6) is -0.253. The first kappa shape index (κ1) is 19.8. The highest BCUT2D eigenvalue weighted by molar-refractivity contribution is 9.10. The molecule has 0 radical (unpaired) electrons. The molecule has 1 aliphatic heterocycles. The topological polar surface area (TPSA) is 84.5 Å². The summed E-state index contributed by atoms with van der Waals surface area (Å²) in [6, 6.07) is 4.78. The van der Waals surface area contributed by atoms with Gasteiger partial charge in [0, 0.05) is 10.5 Å². The molecule has 0 spiro atoms. The van der Waals surface area contributed by atoms with Crippen LogP contribution < -0.4 is 14.8 Å². The molecule has 2 aromatic rings. The van der Waals surface area contributed by atoms with E-state index in [2.05, 4.69) is 26.0 Å². The Bertz CT molecular complexity index is 1040. The molecular weight excluding hydrogens is 477 g/mol. The van der Waals surface area contributed by atoms with E-state index in [9.17, 15) is 26.4 Å². The van der Waals surface area contributed by atoms with E-state index in [1.165, 1.54) is 12.1 Å². The monoisotopic (exact) mass is 484 g/mol. The van der Waals surface area contributed by atoms with Crippen molar-refractivity contribution < 1.29 is 31.1 Å². The molecule has 2 aromatic carbocycles. The normalized spacial score (nSPS) is 14.2. The summed E-state index contributed by atoms with van der Waals surface area (Å²) in [6.45, 7) is -0.272. The molecule has 0 aromatic heterocycles. The summed E-state index contributed by atoms with van der Waals surface area (Å²) in [5, 5.41) is 2.11. The number of hydrogen-bond acceptors (Lipinski definition) is 4. The van der Waals surface area contributed by atoms with Crippen molar-refractivity contribution in [2.75, 3.05) is 16.6 Å². The Balaban J connectivity index is 1.95. The van der Waals surface area contributed by atoms with Crippen molar-refractivity contribution >= 4 is 54.8 Å². The SMILES string of the molecule is O=C1COc2cc(S(=O)(=O)Nc3ccc(C(F)(F)F)cc3Cl)c(Br)cc2N1. The zero-order valence-corrected chi connectivity index (χ0v) is 16.2. The Labute approximate surface area is 164 Å². The Morgan fingerprint density at radius 1 is 1.22 bits per heavy atom. The van der Waals surface area contributed by atoms with E-state index in [0.29, 0.717) is 12.1 Å². The second-order valence-electron chi connectivity index (χ2n) is 5.41. The number of anilines is 2. The summed E-state index contributed by atoms with van der Waals surface area (Å²) in [7, 11) is -4.22. The van der Waals surface area contributed by atoms with Crippen LogP contribution in [0.1, 0.15) is 5.56 Å². The first-order valence-electron chi connectivity index (χ1n) is 7.13. The minimum absolute atomic E-state index is 0.114. The van der Waals surface area contributed by atoms with Gasteiger partial charge in [0.2, 0.25) is 0 Å². The lowest BCUT2D eigenvalue weighted by atomic mass is 10.2. The molecule has 0 fully saturated rings. The van der Waals surface area contributed by atoms with E-state index in [1.807, 2.05) is 0 Å². The van der Waals surface area contributed by atoms with Gasteiger partial charge in [0.15, 0.2) is 6.61 Å². The van der Waals surface area contributed by atoms with Crippen molar-refractivity contribution in [2.24, 2.45) is 0 Å². The van der Waals surface area contributed by atoms with Gasteiger partial charge in [-0.1, -0.05) is 11.6 Å². The second-order valence-corrected chi connectivity index (χ2v) is 8.33. The van der Waals surface area contributed by atoms with E-state index >= 15 is 0 Å². The maximum absolute atomic E-state index is 12.7. The van der Waals surface area contributed by atoms with Crippen LogP contribution in [-0.4, -0.2) is 20.9 Å². The number of halogens is 5. The number of amides is 1. The van der Waals surface area contributed by atoms with Crippen LogP contribution in [0.4, 0.5) is 24.5 Å². The van der Waals surface area contributed by atoms with Crippen LogP contribution in [0.2, 0.25) is 5.02 Å². The van der Waals surface area contributed by atoms with Gasteiger partial charge in [-0.15, -0.1) is 0 Å². The molecule has 3 rings (SSSR count). The average Bonchev–Trinajstić information content (AvgIpc) is 2.54. The highest BCUT2D eigenvalue weighted by atomic mass is 79.9. The first-order chi connectivity index (χ1) is 12.5. The number of ether oxygens (including phenoxy) is 1. The van der Waals surface area contributed by atoms with Crippen molar-refractivity contribution in [2.45, 2.75) is 11.1 Å². The average molecular weight is 486 g/mol. The predicted molar refractivity (Wildman–Crippen MR) is 95.5 cm³/mol. The van der Waals surface area contributed by atoms with Gasteiger partial charge in [0.05, 0.1) is 22.0 Å². The van der Waals surface area contributed by atoms with E-state index in [1.54, 1.807) is 0 Å². The highest BCUT2D eigenvalue weighted by Crippen LogP contribution is 2.38. The number of nitrogens with one attached hydrogen (secondary N) is 2. The number of alkyl halides is 3. The molecule has 0 atom stereocenters. The Morgan fingerprint density at radius 3 is 2.56 bits per heavy atom. The molecule has 0 aliphatic carbocycles. The van der Waals surface area contributed by atoms with Crippen LogP contribution in [0.25, 0.3) is 0 Å². The largest absolute Gasteiger partial charge is 0.482 e. The Hall–Kier alpha value is -1.98. The van der Waals surface area contributed by atoms with Gasteiger partial charge >= 0.3 is 6.18 Å². The third kappa shape index (κ3) is 4.14. The number of carbonyl (C=O) groups excluding carboxylic acids is 1. The van der Waals surface area contributed by atoms with Crippen molar-refractivity contribution in [3.8, 4) is 5.75 Å². The van der Waals surface area contributed by atoms with E-state index in [0.717, 1.165) is 6.07 Å². The van der Waals surface area contributed by atoms with Crippen LogP contribution >= 0.6 is 27.5 Å². The third-order valence-electron chi connectivity index (χ3n) is 3.50. The molecule has 1 heterocycles. The van der Waals surface area contributed by atoms with Gasteiger partial charge in [-0.3, -0.25) is 9.52 Å². The van der Waals surface area contributed by atoms with E-state index in [4.69, 9.17) is 16.3 Å². The lowest BCUT2D eigenvalue weighted by molar-refractivity contribution is -0.137. The Kier molecular flexibility index (Phi) is 5.04. The minimum Gasteiger partial charge on any atom is -0.482 e. The smallest absolute Gasteiger partial charge is 0.416 e. The molecule has 0 saturated heterocycles. The molecular formula is C15H9BrClF3N2O4S. The van der Waals surface area contributed by atoms with Gasteiger partial charge in [-0.25, -0.2) is 8.42 Å². The summed E-state index contributed by atoms with van der Waals surface area (Å²) in [6.07, 6.45) is -4.61. The molecule has 0 bridgehead atoms. The van der Waals surface area contributed by atoms with Gasteiger partial charge in [0.1, 0.15) is 10.6 Å². The van der Waals surface area contributed by atoms with Gasteiger partial charge < -0.3 is 10.1 Å². The molecule has 1 amide bonds. The number of sulfonamides is 1. The van der Waals surface area contributed by atoms with Crippen molar-refractivity contribution in [3.63, 3.8) is 0 Å². The lowest BCUT2D eigenvalue weighted by Gasteiger charge is -2.20. The van der Waals surface area contributed by atoms with Crippen LogP contribution in [0.3, 0.4) is 0 Å². The zero-order chi connectivity index (χ0) is 20.0. The molecule has 0 unspecified atom stereocenters. The van der Waals surface area contributed by atoms with Crippen molar-refractivity contribution in [3.05, 3.63) is 45.4 Å². The quantitative estimate of drug-likeness (QED) is 0.681. The molecule has 2 N–H and O–H groups in total. The summed E-state index contributed by atoms with van der Waals surface area (Å²) >= 11 is 8.88.